The maximum Gasteiger partial charge on any atom is 0.123 e. The summed E-state index contributed by atoms with van der Waals surface area (Å²) in [5.41, 5.74) is 3.15. The molecule has 20 heavy (non-hydrogen) atoms. The molecular formula is C17H17FN2. The van der Waals surface area contributed by atoms with Crippen LogP contribution in [0.1, 0.15) is 18.1 Å². The number of rotatable bonds is 5. The molecule has 2 aromatic rings. The van der Waals surface area contributed by atoms with E-state index >= 15 is 0 Å². The van der Waals surface area contributed by atoms with E-state index in [-0.39, 0.29) is 11.9 Å². The summed E-state index contributed by atoms with van der Waals surface area (Å²) in [6, 6.07) is 16.8. The quantitative estimate of drug-likeness (QED) is 0.891. The number of hydrogen-bond acceptors (Lipinski definition) is 2. The van der Waals surface area contributed by atoms with E-state index < -0.39 is 0 Å². The molecule has 0 spiro atoms. The molecule has 0 aromatic heterocycles. The van der Waals surface area contributed by atoms with Crippen molar-refractivity contribution in [1.29, 1.82) is 5.26 Å². The van der Waals surface area contributed by atoms with Crippen molar-refractivity contribution in [2.24, 2.45) is 0 Å². The molecule has 2 aromatic carbocycles. The molecule has 0 heterocycles. The summed E-state index contributed by atoms with van der Waals surface area (Å²) in [7, 11) is 0. The first-order chi connectivity index (χ1) is 9.67. The van der Waals surface area contributed by atoms with Gasteiger partial charge in [0, 0.05) is 11.7 Å². The van der Waals surface area contributed by atoms with Crippen LogP contribution in [0.2, 0.25) is 0 Å². The predicted octanol–water partition coefficient (Wildman–Crippen LogP) is 3.93. The minimum absolute atomic E-state index is 0.206. The average molecular weight is 268 g/mol. The predicted molar refractivity (Wildman–Crippen MR) is 78.9 cm³/mol. The lowest BCUT2D eigenvalue weighted by atomic mass is 10.1. The maximum atomic E-state index is 12.8. The van der Waals surface area contributed by atoms with E-state index in [1.54, 1.807) is 0 Å². The van der Waals surface area contributed by atoms with Crippen molar-refractivity contribution in [2.45, 2.75) is 25.8 Å². The average Bonchev–Trinajstić information content (AvgIpc) is 2.44. The van der Waals surface area contributed by atoms with Gasteiger partial charge in [-0.3, -0.25) is 0 Å². The highest BCUT2D eigenvalue weighted by molar-refractivity contribution is 5.46. The second kappa shape index (κ2) is 6.72. The van der Waals surface area contributed by atoms with E-state index in [2.05, 4.69) is 18.3 Å². The van der Waals surface area contributed by atoms with Crippen molar-refractivity contribution >= 4 is 5.69 Å². The molecule has 2 rings (SSSR count). The molecule has 1 N–H and O–H groups in total. The summed E-state index contributed by atoms with van der Waals surface area (Å²) >= 11 is 0. The van der Waals surface area contributed by atoms with E-state index in [4.69, 9.17) is 5.26 Å². The molecule has 0 saturated carbocycles. The number of nitrogens with zero attached hydrogens (tertiary/aromatic N) is 1. The molecule has 2 nitrogen and oxygen atoms in total. The lowest BCUT2D eigenvalue weighted by Crippen LogP contribution is -2.18. The summed E-state index contributed by atoms with van der Waals surface area (Å²) < 4.78 is 12.8. The first-order valence-electron chi connectivity index (χ1n) is 6.64. The summed E-state index contributed by atoms with van der Waals surface area (Å²) in [6.07, 6.45) is 1.27. The molecule has 1 atom stereocenters. The fraction of sp³-hybridized carbons (Fsp3) is 0.235. The Kier molecular flexibility index (Phi) is 4.73. The number of nitrogens with one attached hydrogen (secondary N) is 1. The Hall–Kier alpha value is -2.34. The fourth-order valence-corrected chi connectivity index (χ4v) is 2.12. The van der Waals surface area contributed by atoms with Crippen LogP contribution in [-0.4, -0.2) is 6.04 Å². The van der Waals surface area contributed by atoms with Crippen LogP contribution in [0.4, 0.5) is 10.1 Å². The van der Waals surface area contributed by atoms with E-state index in [0.29, 0.717) is 6.42 Å². The summed E-state index contributed by atoms with van der Waals surface area (Å²) in [6.45, 7) is 2.09. The maximum absolute atomic E-state index is 12.8. The van der Waals surface area contributed by atoms with Gasteiger partial charge in [0.05, 0.1) is 12.5 Å². The van der Waals surface area contributed by atoms with Crippen LogP contribution < -0.4 is 5.32 Å². The van der Waals surface area contributed by atoms with Crippen molar-refractivity contribution in [2.75, 3.05) is 5.32 Å². The van der Waals surface area contributed by atoms with Gasteiger partial charge in [0.1, 0.15) is 5.82 Å². The van der Waals surface area contributed by atoms with Crippen LogP contribution in [0.15, 0.2) is 48.5 Å². The van der Waals surface area contributed by atoms with Crippen LogP contribution >= 0.6 is 0 Å². The summed E-state index contributed by atoms with van der Waals surface area (Å²) in [4.78, 5) is 0. The normalized spacial score (nSPS) is 11.7. The van der Waals surface area contributed by atoms with Crippen LogP contribution in [0.5, 0.6) is 0 Å². The van der Waals surface area contributed by atoms with Gasteiger partial charge in [-0.05, 0) is 48.7 Å². The van der Waals surface area contributed by atoms with E-state index in [0.717, 1.165) is 23.2 Å². The van der Waals surface area contributed by atoms with Gasteiger partial charge in [0.15, 0.2) is 0 Å². The van der Waals surface area contributed by atoms with Crippen LogP contribution in [-0.2, 0) is 12.8 Å². The molecule has 0 aliphatic rings. The first kappa shape index (κ1) is 14.1. The van der Waals surface area contributed by atoms with Crippen LogP contribution in [0.25, 0.3) is 0 Å². The zero-order valence-corrected chi connectivity index (χ0v) is 11.4. The zero-order valence-electron chi connectivity index (χ0n) is 11.4. The highest BCUT2D eigenvalue weighted by Gasteiger charge is 2.04. The Balaban J connectivity index is 1.92. The molecule has 0 saturated heterocycles. The molecular weight excluding hydrogens is 251 g/mol. The molecule has 0 fully saturated rings. The Bertz CT molecular complexity index is 582. The Morgan fingerprint density at radius 1 is 1.05 bits per heavy atom. The third-order valence-electron chi connectivity index (χ3n) is 3.11. The van der Waals surface area contributed by atoms with Gasteiger partial charge in [0.25, 0.3) is 0 Å². The fourth-order valence-electron chi connectivity index (χ4n) is 2.12. The van der Waals surface area contributed by atoms with Gasteiger partial charge in [-0.1, -0.05) is 24.3 Å². The molecule has 1 unspecified atom stereocenters. The summed E-state index contributed by atoms with van der Waals surface area (Å²) in [5.74, 6) is -0.206. The first-order valence-corrected chi connectivity index (χ1v) is 6.64. The van der Waals surface area contributed by atoms with Gasteiger partial charge < -0.3 is 5.32 Å². The van der Waals surface area contributed by atoms with Gasteiger partial charge in [-0.2, -0.15) is 5.26 Å². The molecule has 0 aliphatic carbocycles. The Labute approximate surface area is 118 Å². The molecule has 0 amide bonds. The largest absolute Gasteiger partial charge is 0.382 e. The number of benzene rings is 2. The van der Waals surface area contributed by atoms with Crippen molar-refractivity contribution in [1.82, 2.24) is 0 Å². The third kappa shape index (κ3) is 4.10. The minimum Gasteiger partial charge on any atom is -0.382 e. The lowest BCUT2D eigenvalue weighted by Gasteiger charge is -2.15. The van der Waals surface area contributed by atoms with Crippen molar-refractivity contribution in [3.63, 3.8) is 0 Å². The van der Waals surface area contributed by atoms with Crippen molar-refractivity contribution < 1.29 is 4.39 Å². The molecule has 0 radical (unpaired) electrons. The molecule has 3 heteroatoms. The SMILES string of the molecule is CC(Cc1ccc(F)cc1)Nc1ccc(CC#N)cc1. The van der Waals surface area contributed by atoms with Crippen LogP contribution in [0.3, 0.4) is 0 Å². The van der Waals surface area contributed by atoms with Crippen LogP contribution in [0, 0.1) is 17.1 Å². The minimum atomic E-state index is -0.206. The molecule has 102 valence electrons. The number of nitriles is 1. The number of hydrogen-bond donors (Lipinski definition) is 1. The third-order valence-corrected chi connectivity index (χ3v) is 3.11. The van der Waals surface area contributed by atoms with E-state index in [1.807, 2.05) is 36.4 Å². The highest BCUT2D eigenvalue weighted by atomic mass is 19.1. The van der Waals surface area contributed by atoms with Gasteiger partial charge >= 0.3 is 0 Å². The highest BCUT2D eigenvalue weighted by Crippen LogP contribution is 2.13. The van der Waals surface area contributed by atoms with Gasteiger partial charge in [0.2, 0.25) is 0 Å². The van der Waals surface area contributed by atoms with Gasteiger partial charge in [-0.15, -0.1) is 0 Å². The monoisotopic (exact) mass is 268 g/mol. The second-order valence-corrected chi connectivity index (χ2v) is 4.91. The van der Waals surface area contributed by atoms with Crippen molar-refractivity contribution in [3.8, 4) is 6.07 Å². The van der Waals surface area contributed by atoms with Gasteiger partial charge in [-0.25, -0.2) is 4.39 Å². The van der Waals surface area contributed by atoms with E-state index in [9.17, 15) is 4.39 Å². The Morgan fingerprint density at radius 2 is 1.65 bits per heavy atom. The topological polar surface area (TPSA) is 35.8 Å². The molecule has 0 bridgehead atoms. The number of halogens is 1. The lowest BCUT2D eigenvalue weighted by molar-refractivity contribution is 0.626. The van der Waals surface area contributed by atoms with E-state index in [1.165, 1.54) is 12.1 Å². The van der Waals surface area contributed by atoms with Crippen molar-refractivity contribution in [3.05, 3.63) is 65.5 Å². The summed E-state index contributed by atoms with van der Waals surface area (Å²) in [5, 5.41) is 12.0. The Morgan fingerprint density at radius 3 is 2.25 bits per heavy atom. The molecule has 0 aliphatic heterocycles. The smallest absolute Gasteiger partial charge is 0.123 e. The zero-order chi connectivity index (χ0) is 14.4. The second-order valence-electron chi connectivity index (χ2n) is 4.91. The number of anilines is 1. The standard InChI is InChI=1S/C17H17FN2/c1-13(12-15-2-6-16(18)7-3-15)20-17-8-4-14(5-9-17)10-11-19/h2-9,13,20H,10,12H2,1H3.